The summed E-state index contributed by atoms with van der Waals surface area (Å²) in [7, 11) is 0. The number of carbonyl (C=O) groups is 1. The summed E-state index contributed by atoms with van der Waals surface area (Å²) in [5, 5.41) is 0.111. The molecule has 0 aliphatic carbocycles. The largest absolute Gasteiger partial charge is 0.341 e. The highest BCUT2D eigenvalue weighted by Crippen LogP contribution is 2.22. The molecule has 98 valence electrons. The summed E-state index contributed by atoms with van der Waals surface area (Å²) in [6.45, 7) is 3.72. The third-order valence-corrected chi connectivity index (χ3v) is 4.26. The molecule has 2 rings (SSSR count). The van der Waals surface area contributed by atoms with Gasteiger partial charge in [-0.2, -0.15) is 0 Å². The van der Waals surface area contributed by atoms with Crippen LogP contribution in [0.15, 0.2) is 30.3 Å². The first-order chi connectivity index (χ1) is 8.66. The van der Waals surface area contributed by atoms with Gasteiger partial charge >= 0.3 is 0 Å². The molecule has 18 heavy (non-hydrogen) atoms. The smallest absolute Gasteiger partial charge is 0.222 e. The number of alkyl halides is 1. The fourth-order valence-electron chi connectivity index (χ4n) is 2.30. The predicted molar refractivity (Wildman–Crippen MR) is 74.8 cm³/mol. The van der Waals surface area contributed by atoms with Crippen LogP contribution in [0.1, 0.15) is 25.3 Å². The van der Waals surface area contributed by atoms with Crippen LogP contribution in [0.3, 0.4) is 0 Å². The molecule has 1 aliphatic rings. The lowest BCUT2D eigenvalue weighted by atomic mass is 9.98. The zero-order valence-electron chi connectivity index (χ0n) is 10.8. The molecule has 1 heterocycles. The minimum atomic E-state index is 0.111. The van der Waals surface area contributed by atoms with Gasteiger partial charge in [0.25, 0.3) is 0 Å². The number of hydrogen-bond donors (Lipinski definition) is 0. The van der Waals surface area contributed by atoms with E-state index in [2.05, 4.69) is 19.1 Å². The zero-order valence-corrected chi connectivity index (χ0v) is 11.6. The number of amides is 1. The van der Waals surface area contributed by atoms with Crippen LogP contribution in [0.25, 0.3) is 0 Å². The minimum Gasteiger partial charge on any atom is -0.341 e. The Hall–Kier alpha value is -1.02. The van der Waals surface area contributed by atoms with Gasteiger partial charge < -0.3 is 4.90 Å². The molecule has 2 nitrogen and oxygen atoms in total. The Labute approximate surface area is 114 Å². The standard InChI is InChI=1S/C15H20ClNO/c1-12-9-10-17(11-14(12)16)15(18)8-7-13-5-3-2-4-6-13/h2-6,12,14H,7-11H2,1H3. The maximum Gasteiger partial charge on any atom is 0.222 e. The first-order valence-electron chi connectivity index (χ1n) is 6.62. The summed E-state index contributed by atoms with van der Waals surface area (Å²) in [6, 6.07) is 10.1. The third-order valence-electron chi connectivity index (χ3n) is 3.69. The first-order valence-corrected chi connectivity index (χ1v) is 7.06. The molecule has 2 atom stereocenters. The Kier molecular flexibility index (Phi) is 4.65. The second-order valence-corrected chi connectivity index (χ2v) is 5.67. The van der Waals surface area contributed by atoms with Gasteiger partial charge in [0.1, 0.15) is 0 Å². The molecule has 1 aromatic rings. The van der Waals surface area contributed by atoms with Gasteiger partial charge in [-0.3, -0.25) is 4.79 Å². The van der Waals surface area contributed by atoms with E-state index < -0.39 is 0 Å². The van der Waals surface area contributed by atoms with Crippen LogP contribution in [0, 0.1) is 5.92 Å². The highest BCUT2D eigenvalue weighted by Gasteiger charge is 2.26. The Morgan fingerprint density at radius 3 is 2.78 bits per heavy atom. The molecular formula is C15H20ClNO. The van der Waals surface area contributed by atoms with Crippen LogP contribution in [0.4, 0.5) is 0 Å². The van der Waals surface area contributed by atoms with E-state index in [0.29, 0.717) is 18.9 Å². The average molecular weight is 266 g/mol. The van der Waals surface area contributed by atoms with E-state index in [9.17, 15) is 4.79 Å². The van der Waals surface area contributed by atoms with Crippen molar-refractivity contribution in [2.45, 2.75) is 31.6 Å². The van der Waals surface area contributed by atoms with Gasteiger partial charge in [0, 0.05) is 19.5 Å². The normalized spacial score (nSPS) is 24.0. The van der Waals surface area contributed by atoms with Crippen molar-refractivity contribution in [2.24, 2.45) is 5.92 Å². The van der Waals surface area contributed by atoms with Gasteiger partial charge in [-0.1, -0.05) is 37.3 Å². The van der Waals surface area contributed by atoms with Crippen LogP contribution in [0.2, 0.25) is 0 Å². The van der Waals surface area contributed by atoms with Crippen molar-refractivity contribution < 1.29 is 4.79 Å². The highest BCUT2D eigenvalue weighted by atomic mass is 35.5. The number of rotatable bonds is 3. The Morgan fingerprint density at radius 1 is 1.39 bits per heavy atom. The maximum atomic E-state index is 12.1. The molecule has 1 amide bonds. The quantitative estimate of drug-likeness (QED) is 0.769. The zero-order chi connectivity index (χ0) is 13.0. The number of benzene rings is 1. The van der Waals surface area contributed by atoms with Crippen molar-refractivity contribution in [1.82, 2.24) is 4.90 Å². The van der Waals surface area contributed by atoms with Crippen molar-refractivity contribution in [3.63, 3.8) is 0 Å². The Balaban J connectivity index is 1.82. The third kappa shape index (κ3) is 3.49. The van der Waals surface area contributed by atoms with Gasteiger partial charge in [-0.05, 0) is 24.3 Å². The molecule has 1 aromatic carbocycles. The molecule has 0 bridgehead atoms. The van der Waals surface area contributed by atoms with Crippen LogP contribution in [-0.2, 0) is 11.2 Å². The molecule has 1 fully saturated rings. The van der Waals surface area contributed by atoms with Gasteiger partial charge in [-0.25, -0.2) is 0 Å². The molecule has 1 saturated heterocycles. The van der Waals surface area contributed by atoms with E-state index >= 15 is 0 Å². The SMILES string of the molecule is CC1CCN(C(=O)CCc2ccccc2)CC1Cl. The van der Waals surface area contributed by atoms with Crippen LogP contribution in [-0.4, -0.2) is 29.3 Å². The molecule has 0 spiro atoms. The minimum absolute atomic E-state index is 0.111. The fraction of sp³-hybridized carbons (Fsp3) is 0.533. The average Bonchev–Trinajstić information content (AvgIpc) is 2.40. The van der Waals surface area contributed by atoms with E-state index in [4.69, 9.17) is 11.6 Å². The van der Waals surface area contributed by atoms with E-state index in [1.165, 1.54) is 5.56 Å². The van der Waals surface area contributed by atoms with Gasteiger partial charge in [0.05, 0.1) is 5.38 Å². The summed E-state index contributed by atoms with van der Waals surface area (Å²) in [4.78, 5) is 14.0. The van der Waals surface area contributed by atoms with Crippen molar-refractivity contribution in [1.29, 1.82) is 0 Å². The van der Waals surface area contributed by atoms with Crippen LogP contribution >= 0.6 is 11.6 Å². The molecule has 0 N–H and O–H groups in total. The van der Waals surface area contributed by atoms with E-state index in [-0.39, 0.29) is 11.3 Å². The number of halogens is 1. The summed E-state index contributed by atoms with van der Waals surface area (Å²) < 4.78 is 0. The summed E-state index contributed by atoms with van der Waals surface area (Å²) >= 11 is 6.23. The van der Waals surface area contributed by atoms with Crippen molar-refractivity contribution in [2.75, 3.05) is 13.1 Å². The van der Waals surface area contributed by atoms with Crippen LogP contribution in [0.5, 0.6) is 0 Å². The van der Waals surface area contributed by atoms with E-state index in [0.717, 1.165) is 19.4 Å². The fourth-order valence-corrected chi connectivity index (χ4v) is 2.60. The Morgan fingerprint density at radius 2 is 2.11 bits per heavy atom. The first kappa shape index (κ1) is 13.4. The molecule has 0 radical (unpaired) electrons. The molecule has 3 heteroatoms. The van der Waals surface area contributed by atoms with Crippen molar-refractivity contribution in [3.05, 3.63) is 35.9 Å². The monoisotopic (exact) mass is 265 g/mol. The topological polar surface area (TPSA) is 20.3 Å². The van der Waals surface area contributed by atoms with Gasteiger partial charge in [-0.15, -0.1) is 11.6 Å². The maximum absolute atomic E-state index is 12.1. The lowest BCUT2D eigenvalue weighted by Gasteiger charge is -2.34. The van der Waals surface area contributed by atoms with Crippen molar-refractivity contribution >= 4 is 17.5 Å². The summed E-state index contributed by atoms with van der Waals surface area (Å²) in [5.41, 5.74) is 1.22. The number of aryl methyl sites for hydroxylation is 1. The van der Waals surface area contributed by atoms with E-state index in [1.54, 1.807) is 0 Å². The Bertz CT molecular complexity index is 393. The molecule has 1 aliphatic heterocycles. The number of nitrogens with zero attached hydrogens (tertiary/aromatic N) is 1. The second kappa shape index (κ2) is 6.24. The highest BCUT2D eigenvalue weighted by molar-refractivity contribution is 6.21. The number of carbonyl (C=O) groups excluding carboxylic acids is 1. The molecular weight excluding hydrogens is 246 g/mol. The lowest BCUT2D eigenvalue weighted by Crippen LogP contribution is -2.43. The van der Waals surface area contributed by atoms with Gasteiger partial charge in [0.2, 0.25) is 5.91 Å². The second-order valence-electron chi connectivity index (χ2n) is 5.11. The number of hydrogen-bond acceptors (Lipinski definition) is 1. The predicted octanol–water partition coefficient (Wildman–Crippen LogP) is 3.10. The summed E-state index contributed by atoms with van der Waals surface area (Å²) in [6.07, 6.45) is 2.42. The molecule has 0 saturated carbocycles. The van der Waals surface area contributed by atoms with E-state index in [1.807, 2.05) is 23.1 Å². The lowest BCUT2D eigenvalue weighted by molar-refractivity contribution is -0.132. The van der Waals surface area contributed by atoms with Crippen LogP contribution < -0.4 is 0 Å². The number of likely N-dealkylation sites (tertiary alicyclic amines) is 1. The number of piperidine rings is 1. The molecule has 2 unspecified atom stereocenters. The summed E-state index contributed by atoms with van der Waals surface area (Å²) in [5.74, 6) is 0.751. The van der Waals surface area contributed by atoms with Gasteiger partial charge in [0.15, 0.2) is 0 Å². The van der Waals surface area contributed by atoms with Crippen molar-refractivity contribution in [3.8, 4) is 0 Å². The molecule has 0 aromatic heterocycles.